The first-order valence-electron chi connectivity index (χ1n) is 5.86. The summed E-state index contributed by atoms with van der Waals surface area (Å²) in [5.74, 6) is 1.12. The van der Waals surface area contributed by atoms with Gasteiger partial charge in [-0.05, 0) is 23.4 Å². The average molecular weight is 263 g/mol. The third kappa shape index (κ3) is 2.51. The minimum absolute atomic E-state index is 0.0315. The number of hydrogen-bond acceptors (Lipinski definition) is 6. The SMILES string of the molecule is CCOc1ccc([N+](=O)[O-])cc1-n1nnnc1CC. The number of hydrogen-bond donors (Lipinski definition) is 0. The highest BCUT2D eigenvalue weighted by molar-refractivity contribution is 5.53. The molecule has 0 unspecified atom stereocenters. The largest absolute Gasteiger partial charge is 0.492 e. The molecule has 2 aromatic rings. The predicted octanol–water partition coefficient (Wildman–Crippen LogP) is 1.53. The Balaban J connectivity index is 2.57. The van der Waals surface area contributed by atoms with Crippen molar-refractivity contribution in [1.82, 2.24) is 20.2 Å². The summed E-state index contributed by atoms with van der Waals surface area (Å²) in [6, 6.07) is 4.35. The van der Waals surface area contributed by atoms with Crippen LogP contribution in [0, 0.1) is 10.1 Å². The molecule has 0 N–H and O–H groups in total. The maximum atomic E-state index is 10.9. The molecular formula is C11H13N5O3. The second-order valence-corrected chi connectivity index (χ2v) is 3.70. The van der Waals surface area contributed by atoms with Gasteiger partial charge in [0.1, 0.15) is 11.4 Å². The van der Waals surface area contributed by atoms with Gasteiger partial charge in [0.15, 0.2) is 5.82 Å². The van der Waals surface area contributed by atoms with Gasteiger partial charge in [0.05, 0.1) is 11.5 Å². The van der Waals surface area contributed by atoms with E-state index >= 15 is 0 Å². The molecule has 0 bridgehead atoms. The minimum atomic E-state index is -0.463. The molecule has 0 atom stereocenters. The lowest BCUT2D eigenvalue weighted by atomic mass is 10.2. The van der Waals surface area contributed by atoms with E-state index in [-0.39, 0.29) is 5.69 Å². The highest BCUT2D eigenvalue weighted by atomic mass is 16.6. The summed E-state index contributed by atoms with van der Waals surface area (Å²) in [5.41, 5.74) is 0.439. The Bertz CT molecular complexity index is 596. The highest BCUT2D eigenvalue weighted by Gasteiger charge is 2.16. The van der Waals surface area contributed by atoms with Crippen LogP contribution in [0.15, 0.2) is 18.2 Å². The van der Waals surface area contributed by atoms with E-state index < -0.39 is 4.92 Å². The highest BCUT2D eigenvalue weighted by Crippen LogP contribution is 2.27. The fourth-order valence-corrected chi connectivity index (χ4v) is 1.68. The maximum absolute atomic E-state index is 10.9. The zero-order chi connectivity index (χ0) is 13.8. The molecule has 8 nitrogen and oxygen atoms in total. The molecule has 8 heteroatoms. The molecule has 0 saturated heterocycles. The normalized spacial score (nSPS) is 10.4. The van der Waals surface area contributed by atoms with Gasteiger partial charge in [-0.3, -0.25) is 10.1 Å². The van der Waals surface area contributed by atoms with E-state index in [1.165, 1.54) is 16.8 Å². The smallest absolute Gasteiger partial charge is 0.271 e. The van der Waals surface area contributed by atoms with Gasteiger partial charge in [0.2, 0.25) is 0 Å². The van der Waals surface area contributed by atoms with Crippen molar-refractivity contribution in [1.29, 1.82) is 0 Å². The summed E-state index contributed by atoms with van der Waals surface area (Å²) in [6.45, 7) is 4.19. The summed E-state index contributed by atoms with van der Waals surface area (Å²) in [6.07, 6.45) is 0.612. The lowest BCUT2D eigenvalue weighted by Gasteiger charge is -2.10. The number of rotatable bonds is 5. The second-order valence-electron chi connectivity index (χ2n) is 3.70. The number of ether oxygens (including phenoxy) is 1. The Morgan fingerprint density at radius 1 is 1.42 bits per heavy atom. The van der Waals surface area contributed by atoms with Gasteiger partial charge in [-0.15, -0.1) is 5.10 Å². The van der Waals surface area contributed by atoms with Crippen LogP contribution in [-0.4, -0.2) is 31.7 Å². The molecule has 0 aliphatic carbocycles. The summed E-state index contributed by atoms with van der Waals surface area (Å²) in [4.78, 5) is 10.4. The number of aromatic nitrogens is 4. The lowest BCUT2D eigenvalue weighted by Crippen LogP contribution is -2.06. The van der Waals surface area contributed by atoms with E-state index in [9.17, 15) is 10.1 Å². The molecule has 1 aromatic heterocycles. The van der Waals surface area contributed by atoms with Crippen molar-refractivity contribution < 1.29 is 9.66 Å². The first-order valence-corrected chi connectivity index (χ1v) is 5.86. The molecule has 0 spiro atoms. The Morgan fingerprint density at radius 2 is 2.21 bits per heavy atom. The van der Waals surface area contributed by atoms with Crippen molar-refractivity contribution in [3.05, 3.63) is 34.1 Å². The monoisotopic (exact) mass is 263 g/mol. The van der Waals surface area contributed by atoms with Crippen molar-refractivity contribution >= 4 is 5.69 Å². The first kappa shape index (κ1) is 12.9. The molecule has 0 aliphatic rings. The second kappa shape index (κ2) is 5.42. The van der Waals surface area contributed by atoms with Crippen molar-refractivity contribution in [3.8, 4) is 11.4 Å². The maximum Gasteiger partial charge on any atom is 0.271 e. The Hall–Kier alpha value is -2.51. The third-order valence-corrected chi connectivity index (χ3v) is 2.53. The minimum Gasteiger partial charge on any atom is -0.492 e. The van der Waals surface area contributed by atoms with E-state index in [0.29, 0.717) is 30.3 Å². The molecule has 0 radical (unpaired) electrons. The molecule has 2 rings (SSSR count). The van der Waals surface area contributed by atoms with Crippen LogP contribution in [0.25, 0.3) is 5.69 Å². The quantitative estimate of drug-likeness (QED) is 0.599. The van der Waals surface area contributed by atoms with Crippen LogP contribution in [0.1, 0.15) is 19.7 Å². The summed E-state index contributed by atoms with van der Waals surface area (Å²) < 4.78 is 6.91. The molecule has 0 fully saturated rings. The van der Waals surface area contributed by atoms with E-state index in [0.717, 1.165) is 0 Å². The van der Waals surface area contributed by atoms with Crippen LogP contribution in [0.5, 0.6) is 5.75 Å². The Kier molecular flexibility index (Phi) is 3.69. The number of nitrogens with zero attached hydrogens (tertiary/aromatic N) is 5. The summed E-state index contributed by atoms with van der Waals surface area (Å²) >= 11 is 0. The van der Waals surface area contributed by atoms with Gasteiger partial charge in [-0.25, -0.2) is 0 Å². The molecule has 0 amide bonds. The van der Waals surface area contributed by atoms with Crippen LogP contribution in [0.2, 0.25) is 0 Å². The van der Waals surface area contributed by atoms with Gasteiger partial charge in [0, 0.05) is 18.6 Å². The van der Waals surface area contributed by atoms with E-state index in [1.807, 2.05) is 13.8 Å². The molecular weight excluding hydrogens is 250 g/mol. The van der Waals surface area contributed by atoms with Gasteiger partial charge < -0.3 is 4.74 Å². The third-order valence-electron chi connectivity index (χ3n) is 2.53. The summed E-state index contributed by atoms with van der Waals surface area (Å²) in [7, 11) is 0. The number of tetrazole rings is 1. The number of benzene rings is 1. The van der Waals surface area contributed by atoms with Crippen LogP contribution >= 0.6 is 0 Å². The van der Waals surface area contributed by atoms with Crippen molar-refractivity contribution in [2.45, 2.75) is 20.3 Å². The van der Waals surface area contributed by atoms with E-state index in [4.69, 9.17) is 4.74 Å². The molecule has 1 heterocycles. The standard InChI is InChI=1S/C11H13N5O3/c1-3-11-12-13-14-15(11)9-7-8(16(17)18)5-6-10(9)19-4-2/h5-7H,3-4H2,1-2H3. The van der Waals surface area contributed by atoms with Crippen molar-refractivity contribution in [3.63, 3.8) is 0 Å². The zero-order valence-electron chi connectivity index (χ0n) is 10.6. The van der Waals surface area contributed by atoms with E-state index in [2.05, 4.69) is 15.5 Å². The van der Waals surface area contributed by atoms with Crippen LogP contribution in [0.4, 0.5) is 5.69 Å². The Labute approximate surface area is 109 Å². The van der Waals surface area contributed by atoms with Crippen molar-refractivity contribution in [2.75, 3.05) is 6.61 Å². The average Bonchev–Trinajstić information content (AvgIpc) is 2.87. The van der Waals surface area contributed by atoms with Gasteiger partial charge in [-0.1, -0.05) is 6.92 Å². The topological polar surface area (TPSA) is 96.0 Å². The fourth-order valence-electron chi connectivity index (χ4n) is 1.68. The van der Waals surface area contributed by atoms with E-state index in [1.54, 1.807) is 6.07 Å². The van der Waals surface area contributed by atoms with Gasteiger partial charge in [-0.2, -0.15) is 4.68 Å². The van der Waals surface area contributed by atoms with Crippen molar-refractivity contribution in [2.24, 2.45) is 0 Å². The van der Waals surface area contributed by atoms with Gasteiger partial charge in [0.25, 0.3) is 5.69 Å². The molecule has 100 valence electrons. The van der Waals surface area contributed by atoms with Crippen LogP contribution < -0.4 is 4.74 Å². The van der Waals surface area contributed by atoms with Gasteiger partial charge >= 0.3 is 0 Å². The number of non-ortho nitro benzene ring substituents is 1. The molecule has 0 saturated carbocycles. The first-order chi connectivity index (χ1) is 9.17. The Morgan fingerprint density at radius 3 is 2.84 bits per heavy atom. The number of aryl methyl sites for hydroxylation is 1. The lowest BCUT2D eigenvalue weighted by molar-refractivity contribution is -0.384. The number of nitro groups is 1. The predicted molar refractivity (Wildman–Crippen MR) is 66.4 cm³/mol. The number of nitro benzene ring substituents is 1. The molecule has 1 aromatic carbocycles. The zero-order valence-corrected chi connectivity index (χ0v) is 10.6. The fraction of sp³-hybridized carbons (Fsp3) is 0.364. The summed E-state index contributed by atoms with van der Waals surface area (Å²) in [5, 5.41) is 22.1. The van der Waals surface area contributed by atoms with Crippen LogP contribution in [0.3, 0.4) is 0 Å². The molecule has 19 heavy (non-hydrogen) atoms. The molecule has 0 aliphatic heterocycles. The van der Waals surface area contributed by atoms with Crippen LogP contribution in [-0.2, 0) is 6.42 Å².